The van der Waals surface area contributed by atoms with Gasteiger partial charge in [0, 0.05) is 18.3 Å². The highest BCUT2D eigenvalue weighted by atomic mass is 32.2. The highest BCUT2D eigenvalue weighted by Gasteiger charge is 2.20. The maximum absolute atomic E-state index is 11.4. The Balaban J connectivity index is 2.72. The molecule has 5 heteroatoms. The summed E-state index contributed by atoms with van der Waals surface area (Å²) in [5.41, 5.74) is 0.743. The van der Waals surface area contributed by atoms with E-state index in [0.29, 0.717) is 6.54 Å². The van der Waals surface area contributed by atoms with Crippen molar-refractivity contribution in [3.05, 3.63) is 29.8 Å². The molecule has 4 nitrogen and oxygen atoms in total. The molecule has 1 rings (SSSR count). The molecular formula is C15H25NO3S. The van der Waals surface area contributed by atoms with E-state index in [1.54, 1.807) is 12.1 Å². The maximum Gasteiger partial charge on any atom is 0.175 e. The average Bonchev–Trinajstić information content (AvgIpc) is 2.43. The number of rotatable bonds is 7. The summed E-state index contributed by atoms with van der Waals surface area (Å²) in [7, 11) is -3.19. The predicted molar refractivity (Wildman–Crippen MR) is 81.5 cm³/mol. The second-order valence-electron chi connectivity index (χ2n) is 5.51. The highest BCUT2D eigenvalue weighted by molar-refractivity contribution is 7.90. The quantitative estimate of drug-likeness (QED) is 0.810. The van der Waals surface area contributed by atoms with E-state index in [9.17, 15) is 13.5 Å². The van der Waals surface area contributed by atoms with Crippen molar-refractivity contribution in [2.45, 2.75) is 50.2 Å². The summed E-state index contributed by atoms with van der Waals surface area (Å²) in [5.74, 6) is 0. The second-order valence-corrected chi connectivity index (χ2v) is 7.52. The van der Waals surface area contributed by atoms with Crippen molar-refractivity contribution < 1.29 is 13.5 Å². The van der Waals surface area contributed by atoms with Crippen LogP contribution in [0.3, 0.4) is 0 Å². The summed E-state index contributed by atoms with van der Waals surface area (Å²) in [6, 6.07) is 6.40. The zero-order chi connectivity index (χ0) is 15.4. The van der Waals surface area contributed by atoms with Gasteiger partial charge in [-0.25, -0.2) is 8.42 Å². The van der Waals surface area contributed by atoms with Gasteiger partial charge in [0.1, 0.15) is 0 Å². The Morgan fingerprint density at radius 1 is 1.20 bits per heavy atom. The van der Waals surface area contributed by atoms with Gasteiger partial charge in [0.05, 0.1) is 11.0 Å². The average molecular weight is 299 g/mol. The van der Waals surface area contributed by atoms with Crippen LogP contribution in [0.1, 0.15) is 45.3 Å². The molecule has 0 aliphatic heterocycles. The maximum atomic E-state index is 11.4. The largest absolute Gasteiger partial charge is 0.387 e. The Morgan fingerprint density at radius 3 is 2.10 bits per heavy atom. The third-order valence-electron chi connectivity index (χ3n) is 3.98. The highest BCUT2D eigenvalue weighted by Crippen LogP contribution is 2.19. The van der Waals surface area contributed by atoms with Crippen molar-refractivity contribution in [3.63, 3.8) is 0 Å². The number of nitrogens with one attached hydrogen (secondary N) is 1. The monoisotopic (exact) mass is 299 g/mol. The molecule has 1 aromatic rings. The van der Waals surface area contributed by atoms with Crippen LogP contribution in [-0.4, -0.2) is 31.9 Å². The fraction of sp³-hybridized carbons (Fsp3) is 0.600. The molecule has 0 aliphatic rings. The standard InChI is InChI=1S/C15H25NO3S/c1-5-15(3,6-2)16-11-14(17)12-7-9-13(10-8-12)20(4,18)19/h7-10,14,16-17H,5-6,11H2,1-4H3. The zero-order valence-corrected chi connectivity index (χ0v) is 13.5. The van der Waals surface area contributed by atoms with Crippen LogP contribution in [-0.2, 0) is 9.84 Å². The van der Waals surface area contributed by atoms with Gasteiger partial charge in [-0.15, -0.1) is 0 Å². The molecule has 1 atom stereocenters. The van der Waals surface area contributed by atoms with Crippen LogP contribution < -0.4 is 5.32 Å². The minimum Gasteiger partial charge on any atom is -0.387 e. The Hall–Kier alpha value is -0.910. The number of aliphatic hydroxyl groups excluding tert-OH is 1. The van der Waals surface area contributed by atoms with Crippen LogP contribution in [0.4, 0.5) is 0 Å². The van der Waals surface area contributed by atoms with Gasteiger partial charge in [-0.2, -0.15) is 0 Å². The Kier molecular flexibility index (Phi) is 5.74. The van der Waals surface area contributed by atoms with Crippen molar-refractivity contribution in [3.8, 4) is 0 Å². The molecule has 114 valence electrons. The zero-order valence-electron chi connectivity index (χ0n) is 12.7. The predicted octanol–water partition coefficient (Wildman–Crippen LogP) is 2.29. The Labute approximate surface area is 122 Å². The molecule has 0 aromatic heterocycles. The van der Waals surface area contributed by atoms with Crippen molar-refractivity contribution >= 4 is 9.84 Å². The molecule has 0 radical (unpaired) electrons. The van der Waals surface area contributed by atoms with Gasteiger partial charge in [0.25, 0.3) is 0 Å². The fourth-order valence-electron chi connectivity index (χ4n) is 1.90. The summed E-state index contributed by atoms with van der Waals surface area (Å²) >= 11 is 0. The minimum atomic E-state index is -3.19. The molecule has 1 unspecified atom stereocenters. The van der Waals surface area contributed by atoms with Gasteiger partial charge in [-0.05, 0) is 37.5 Å². The van der Waals surface area contributed by atoms with E-state index in [0.717, 1.165) is 18.4 Å². The van der Waals surface area contributed by atoms with Crippen LogP contribution >= 0.6 is 0 Å². The van der Waals surface area contributed by atoms with Gasteiger partial charge in [0.2, 0.25) is 0 Å². The molecular weight excluding hydrogens is 274 g/mol. The summed E-state index contributed by atoms with van der Waals surface area (Å²) in [6.07, 6.45) is 2.52. The molecule has 0 bridgehead atoms. The van der Waals surface area contributed by atoms with E-state index in [-0.39, 0.29) is 10.4 Å². The molecule has 2 N–H and O–H groups in total. The molecule has 0 fully saturated rings. The molecule has 1 aromatic carbocycles. The summed E-state index contributed by atoms with van der Waals surface area (Å²) in [4.78, 5) is 0.272. The first-order valence-electron chi connectivity index (χ1n) is 6.95. The Morgan fingerprint density at radius 2 is 1.70 bits per heavy atom. The summed E-state index contributed by atoms with van der Waals surface area (Å²) < 4.78 is 22.7. The molecule has 0 saturated heterocycles. The fourth-order valence-corrected chi connectivity index (χ4v) is 2.53. The van der Waals surface area contributed by atoms with Crippen molar-refractivity contribution in [2.75, 3.05) is 12.8 Å². The smallest absolute Gasteiger partial charge is 0.175 e. The summed E-state index contributed by atoms with van der Waals surface area (Å²) in [6.45, 7) is 6.82. The van der Waals surface area contributed by atoms with Crippen molar-refractivity contribution in [1.82, 2.24) is 5.32 Å². The lowest BCUT2D eigenvalue weighted by molar-refractivity contribution is 0.156. The lowest BCUT2D eigenvalue weighted by atomic mass is 9.95. The van der Waals surface area contributed by atoms with E-state index in [4.69, 9.17) is 0 Å². The number of sulfone groups is 1. The lowest BCUT2D eigenvalue weighted by Gasteiger charge is -2.29. The van der Waals surface area contributed by atoms with Gasteiger partial charge >= 0.3 is 0 Å². The number of β-amino-alcohol motifs (C(OH)–C–C–N with tert-alkyl or cyclic N) is 1. The van der Waals surface area contributed by atoms with Gasteiger partial charge in [-0.1, -0.05) is 26.0 Å². The van der Waals surface area contributed by atoms with E-state index in [2.05, 4.69) is 26.1 Å². The first-order valence-corrected chi connectivity index (χ1v) is 8.84. The minimum absolute atomic E-state index is 0.0215. The van der Waals surface area contributed by atoms with Crippen LogP contribution in [0.25, 0.3) is 0 Å². The topological polar surface area (TPSA) is 66.4 Å². The second kappa shape index (κ2) is 6.70. The first-order chi connectivity index (χ1) is 9.22. The van der Waals surface area contributed by atoms with Crippen LogP contribution in [0.2, 0.25) is 0 Å². The van der Waals surface area contributed by atoms with E-state index in [1.165, 1.54) is 18.4 Å². The first kappa shape index (κ1) is 17.1. The molecule has 0 amide bonds. The lowest BCUT2D eigenvalue weighted by Crippen LogP contribution is -2.43. The molecule has 0 spiro atoms. The molecule has 0 saturated carbocycles. The van der Waals surface area contributed by atoms with E-state index >= 15 is 0 Å². The van der Waals surface area contributed by atoms with Crippen LogP contribution in [0.5, 0.6) is 0 Å². The van der Waals surface area contributed by atoms with E-state index < -0.39 is 15.9 Å². The van der Waals surface area contributed by atoms with Crippen molar-refractivity contribution in [1.29, 1.82) is 0 Å². The third-order valence-corrected chi connectivity index (χ3v) is 5.10. The normalized spacial score (nSPS) is 14.2. The van der Waals surface area contributed by atoms with Gasteiger partial charge in [0.15, 0.2) is 9.84 Å². The van der Waals surface area contributed by atoms with Gasteiger partial charge in [-0.3, -0.25) is 0 Å². The Bertz CT molecular complexity index is 519. The van der Waals surface area contributed by atoms with Gasteiger partial charge < -0.3 is 10.4 Å². The SMILES string of the molecule is CCC(C)(CC)NCC(O)c1ccc(S(C)(=O)=O)cc1. The molecule has 20 heavy (non-hydrogen) atoms. The number of benzene rings is 1. The third kappa shape index (κ3) is 4.58. The van der Waals surface area contributed by atoms with Crippen LogP contribution in [0.15, 0.2) is 29.2 Å². The number of hydrogen-bond acceptors (Lipinski definition) is 4. The summed E-state index contributed by atoms with van der Waals surface area (Å²) in [5, 5.41) is 13.5. The molecule has 0 heterocycles. The number of aliphatic hydroxyl groups is 1. The van der Waals surface area contributed by atoms with E-state index in [1.807, 2.05) is 0 Å². The number of hydrogen-bond donors (Lipinski definition) is 2. The van der Waals surface area contributed by atoms with Crippen LogP contribution in [0, 0.1) is 0 Å². The molecule has 0 aliphatic carbocycles. The van der Waals surface area contributed by atoms with Crippen molar-refractivity contribution in [2.24, 2.45) is 0 Å².